The van der Waals surface area contributed by atoms with E-state index < -0.39 is 17.9 Å². The van der Waals surface area contributed by atoms with E-state index in [0.29, 0.717) is 26.2 Å². The summed E-state index contributed by atoms with van der Waals surface area (Å²) in [7, 11) is 0. The van der Waals surface area contributed by atoms with Crippen molar-refractivity contribution in [3.8, 4) is 0 Å². The fourth-order valence-electron chi connectivity index (χ4n) is 2.77. The van der Waals surface area contributed by atoms with Crippen LogP contribution in [0.15, 0.2) is 0 Å². The third kappa shape index (κ3) is 13.2. The standard InChI is InChI=1S/C18H36N4O5/c1-4-21(14-16(23)22(5-2)6-3)10-9-19-7-8-20-13-15(11-17(24)25)12-18(26)27/h15,19-20H,4-14H2,1-3H3,(H,24,25)(H,26,27). The van der Waals surface area contributed by atoms with Crippen molar-refractivity contribution in [2.75, 3.05) is 58.9 Å². The minimum Gasteiger partial charge on any atom is -0.481 e. The number of rotatable bonds is 17. The van der Waals surface area contributed by atoms with Crippen LogP contribution >= 0.6 is 0 Å². The molecule has 0 radical (unpaired) electrons. The van der Waals surface area contributed by atoms with E-state index in [1.54, 1.807) is 0 Å². The van der Waals surface area contributed by atoms with E-state index >= 15 is 0 Å². The molecule has 0 aromatic carbocycles. The lowest BCUT2D eigenvalue weighted by Crippen LogP contribution is -2.43. The molecule has 0 aromatic heterocycles. The molecule has 0 saturated heterocycles. The van der Waals surface area contributed by atoms with Gasteiger partial charge in [-0.15, -0.1) is 0 Å². The first-order valence-electron chi connectivity index (χ1n) is 9.69. The number of hydrogen-bond acceptors (Lipinski definition) is 6. The maximum Gasteiger partial charge on any atom is 0.303 e. The van der Waals surface area contributed by atoms with Crippen molar-refractivity contribution in [1.29, 1.82) is 0 Å². The number of nitrogens with one attached hydrogen (secondary N) is 2. The van der Waals surface area contributed by atoms with Crippen molar-refractivity contribution in [2.45, 2.75) is 33.6 Å². The summed E-state index contributed by atoms with van der Waals surface area (Å²) in [6.07, 6.45) is -0.308. The van der Waals surface area contributed by atoms with E-state index in [-0.39, 0.29) is 18.7 Å². The van der Waals surface area contributed by atoms with Gasteiger partial charge in [-0.1, -0.05) is 6.92 Å². The SMILES string of the molecule is CCN(CCNCCNCC(CC(=O)O)CC(=O)O)CC(=O)N(CC)CC. The molecular formula is C18H36N4O5. The highest BCUT2D eigenvalue weighted by molar-refractivity contribution is 5.78. The van der Waals surface area contributed by atoms with Gasteiger partial charge in [-0.05, 0) is 32.9 Å². The fourth-order valence-corrected chi connectivity index (χ4v) is 2.77. The number of amides is 1. The molecule has 4 N–H and O–H groups in total. The quantitative estimate of drug-likeness (QED) is 0.255. The molecule has 27 heavy (non-hydrogen) atoms. The maximum atomic E-state index is 12.1. The molecular weight excluding hydrogens is 352 g/mol. The Kier molecular flexibility index (Phi) is 14.4. The van der Waals surface area contributed by atoms with E-state index in [2.05, 4.69) is 15.5 Å². The number of nitrogens with zero attached hydrogens (tertiary/aromatic N) is 2. The van der Waals surface area contributed by atoms with Gasteiger partial charge >= 0.3 is 11.9 Å². The van der Waals surface area contributed by atoms with Gasteiger partial charge in [0.05, 0.1) is 6.54 Å². The first kappa shape index (κ1) is 25.3. The normalized spacial score (nSPS) is 11.1. The predicted octanol–water partition coefficient (Wildman–Crippen LogP) is -0.0785. The average Bonchev–Trinajstić information content (AvgIpc) is 2.59. The van der Waals surface area contributed by atoms with Gasteiger partial charge in [0.1, 0.15) is 0 Å². The largest absolute Gasteiger partial charge is 0.481 e. The van der Waals surface area contributed by atoms with E-state index in [0.717, 1.165) is 32.7 Å². The van der Waals surface area contributed by atoms with Crippen LogP contribution in [0.4, 0.5) is 0 Å². The molecule has 9 nitrogen and oxygen atoms in total. The number of likely N-dealkylation sites (N-methyl/N-ethyl adjacent to an activating group) is 2. The molecule has 0 rings (SSSR count). The summed E-state index contributed by atoms with van der Waals surface area (Å²) in [6.45, 7) is 11.8. The van der Waals surface area contributed by atoms with E-state index in [4.69, 9.17) is 10.2 Å². The summed E-state index contributed by atoms with van der Waals surface area (Å²) in [5.41, 5.74) is 0. The van der Waals surface area contributed by atoms with Gasteiger partial charge in [0.2, 0.25) is 5.91 Å². The Hall–Kier alpha value is -1.71. The highest BCUT2D eigenvalue weighted by Crippen LogP contribution is 2.07. The van der Waals surface area contributed by atoms with Crippen molar-refractivity contribution < 1.29 is 24.6 Å². The number of hydrogen-bond donors (Lipinski definition) is 4. The second-order valence-electron chi connectivity index (χ2n) is 6.45. The summed E-state index contributed by atoms with van der Waals surface area (Å²) in [4.78, 5) is 37.6. The van der Waals surface area contributed by atoms with Crippen LogP contribution in [0.3, 0.4) is 0 Å². The van der Waals surface area contributed by atoms with Crippen molar-refractivity contribution >= 4 is 17.8 Å². The van der Waals surface area contributed by atoms with E-state index in [1.165, 1.54) is 0 Å². The van der Waals surface area contributed by atoms with Crippen molar-refractivity contribution in [3.63, 3.8) is 0 Å². The minimum atomic E-state index is -0.986. The zero-order chi connectivity index (χ0) is 20.7. The summed E-state index contributed by atoms with van der Waals surface area (Å²) in [6, 6.07) is 0. The Morgan fingerprint density at radius 2 is 1.41 bits per heavy atom. The highest BCUT2D eigenvalue weighted by atomic mass is 16.4. The molecule has 0 aliphatic rings. The molecule has 0 atom stereocenters. The molecule has 0 heterocycles. The van der Waals surface area contributed by atoms with Crippen LogP contribution in [-0.2, 0) is 14.4 Å². The summed E-state index contributed by atoms with van der Waals surface area (Å²) >= 11 is 0. The molecule has 0 bridgehead atoms. The monoisotopic (exact) mass is 388 g/mol. The Morgan fingerprint density at radius 3 is 1.89 bits per heavy atom. The third-order valence-electron chi connectivity index (χ3n) is 4.37. The van der Waals surface area contributed by atoms with Crippen molar-refractivity contribution in [1.82, 2.24) is 20.4 Å². The molecule has 0 fully saturated rings. The zero-order valence-electron chi connectivity index (χ0n) is 16.9. The van der Waals surface area contributed by atoms with E-state index in [9.17, 15) is 14.4 Å². The molecule has 158 valence electrons. The molecule has 9 heteroatoms. The van der Waals surface area contributed by atoms with Crippen molar-refractivity contribution in [2.24, 2.45) is 5.92 Å². The first-order chi connectivity index (χ1) is 12.8. The molecule has 1 amide bonds. The Morgan fingerprint density at radius 1 is 0.852 bits per heavy atom. The topological polar surface area (TPSA) is 122 Å². The number of carboxylic acid groups (broad SMARTS) is 2. The first-order valence-corrected chi connectivity index (χ1v) is 9.69. The van der Waals surface area contributed by atoms with Gasteiger partial charge < -0.3 is 25.7 Å². The lowest BCUT2D eigenvalue weighted by Gasteiger charge is -2.25. The molecule has 0 aliphatic carbocycles. The van der Waals surface area contributed by atoms with Gasteiger partial charge in [-0.3, -0.25) is 19.3 Å². The Balaban J connectivity index is 3.94. The van der Waals surface area contributed by atoms with Gasteiger partial charge in [-0.25, -0.2) is 0 Å². The highest BCUT2D eigenvalue weighted by Gasteiger charge is 2.16. The smallest absolute Gasteiger partial charge is 0.303 e. The lowest BCUT2D eigenvalue weighted by atomic mass is 10.0. The number of carboxylic acids is 2. The van der Waals surface area contributed by atoms with Crippen LogP contribution in [0, 0.1) is 5.92 Å². The van der Waals surface area contributed by atoms with Crippen LogP contribution in [-0.4, -0.2) is 96.8 Å². The van der Waals surface area contributed by atoms with Crippen LogP contribution in [0.25, 0.3) is 0 Å². The minimum absolute atomic E-state index is 0.145. The van der Waals surface area contributed by atoms with Gasteiger partial charge in [-0.2, -0.15) is 0 Å². The summed E-state index contributed by atoms with van der Waals surface area (Å²) in [5.74, 6) is -2.24. The van der Waals surface area contributed by atoms with Crippen LogP contribution < -0.4 is 10.6 Å². The molecule has 0 unspecified atom stereocenters. The Labute approximate surface area is 162 Å². The lowest BCUT2D eigenvalue weighted by molar-refractivity contribution is -0.140. The van der Waals surface area contributed by atoms with Gasteiger partial charge in [0.25, 0.3) is 0 Å². The van der Waals surface area contributed by atoms with Crippen LogP contribution in [0.2, 0.25) is 0 Å². The summed E-state index contributed by atoms with van der Waals surface area (Å²) in [5, 5.41) is 24.0. The van der Waals surface area contributed by atoms with Gasteiger partial charge in [0.15, 0.2) is 0 Å². The van der Waals surface area contributed by atoms with Crippen LogP contribution in [0.1, 0.15) is 33.6 Å². The second kappa shape index (κ2) is 15.4. The number of carbonyl (C=O) groups excluding carboxylic acids is 1. The molecule has 0 aliphatic heterocycles. The Bertz CT molecular complexity index is 427. The number of carbonyl (C=O) groups is 3. The fraction of sp³-hybridized carbons (Fsp3) is 0.833. The molecule has 0 spiro atoms. The molecule has 0 aromatic rings. The number of aliphatic carboxylic acids is 2. The third-order valence-corrected chi connectivity index (χ3v) is 4.37. The maximum absolute atomic E-state index is 12.1. The second-order valence-corrected chi connectivity index (χ2v) is 6.45. The summed E-state index contributed by atoms with van der Waals surface area (Å²) < 4.78 is 0. The van der Waals surface area contributed by atoms with Crippen LogP contribution in [0.5, 0.6) is 0 Å². The zero-order valence-corrected chi connectivity index (χ0v) is 16.9. The average molecular weight is 389 g/mol. The molecule has 0 saturated carbocycles. The van der Waals surface area contributed by atoms with Gasteiger partial charge in [0, 0.05) is 52.1 Å². The predicted molar refractivity (Wildman–Crippen MR) is 104 cm³/mol. The van der Waals surface area contributed by atoms with E-state index in [1.807, 2.05) is 25.7 Å². The van der Waals surface area contributed by atoms with Crippen molar-refractivity contribution in [3.05, 3.63) is 0 Å².